The molecule has 1 aromatic carbocycles. The highest BCUT2D eigenvalue weighted by Crippen LogP contribution is 2.16. The number of morpholine rings is 1. The lowest BCUT2D eigenvalue weighted by molar-refractivity contribution is -0.159. The zero-order chi connectivity index (χ0) is 15.9. The second-order valence-electron chi connectivity index (χ2n) is 4.92. The van der Waals surface area contributed by atoms with Crippen molar-refractivity contribution < 1.29 is 28.6 Å². The van der Waals surface area contributed by atoms with Crippen molar-refractivity contribution in [3.8, 4) is 5.75 Å². The fourth-order valence-electron chi connectivity index (χ4n) is 2.15. The Morgan fingerprint density at radius 3 is 2.91 bits per heavy atom. The van der Waals surface area contributed by atoms with Gasteiger partial charge in [-0.05, 0) is 18.6 Å². The Balaban J connectivity index is 1.71. The largest absolute Gasteiger partial charge is 0.491 e. The molecule has 0 saturated carbocycles. The zero-order valence-electron chi connectivity index (χ0n) is 12.0. The summed E-state index contributed by atoms with van der Waals surface area (Å²) in [6, 6.07) is 6.07. The van der Waals surface area contributed by atoms with Crippen molar-refractivity contribution >= 4 is 11.9 Å². The maximum Gasteiger partial charge on any atom is 0.334 e. The average molecular weight is 311 g/mol. The van der Waals surface area contributed by atoms with Crippen LogP contribution in [0.1, 0.15) is 12.8 Å². The molecule has 1 aliphatic heterocycles. The van der Waals surface area contributed by atoms with Crippen molar-refractivity contribution in [1.29, 1.82) is 0 Å². The first kappa shape index (κ1) is 16.2. The molecule has 1 amide bonds. The van der Waals surface area contributed by atoms with Gasteiger partial charge in [-0.3, -0.25) is 4.79 Å². The number of hydrogen-bond donors (Lipinski definition) is 1. The number of benzene rings is 1. The normalized spacial score (nSPS) is 18.0. The maximum atomic E-state index is 13.3. The summed E-state index contributed by atoms with van der Waals surface area (Å²) in [6.07, 6.45) is -0.310. The van der Waals surface area contributed by atoms with Gasteiger partial charge in [0.25, 0.3) is 0 Å². The SMILES string of the molecule is O=C(O)[C@H]1CN(C(=O)CCCOc2ccccc2F)CCO1. The Morgan fingerprint density at radius 1 is 1.41 bits per heavy atom. The third-order valence-corrected chi connectivity index (χ3v) is 3.32. The molecule has 1 heterocycles. The highest BCUT2D eigenvalue weighted by molar-refractivity contribution is 5.78. The molecule has 1 saturated heterocycles. The maximum absolute atomic E-state index is 13.3. The second-order valence-corrected chi connectivity index (χ2v) is 4.92. The molecule has 0 spiro atoms. The van der Waals surface area contributed by atoms with Gasteiger partial charge in [-0.1, -0.05) is 12.1 Å². The van der Waals surface area contributed by atoms with Crippen LogP contribution < -0.4 is 4.74 Å². The van der Waals surface area contributed by atoms with Crippen LogP contribution in [0.25, 0.3) is 0 Å². The van der Waals surface area contributed by atoms with Crippen LogP contribution in [0.3, 0.4) is 0 Å². The number of carbonyl (C=O) groups is 2. The lowest BCUT2D eigenvalue weighted by Crippen LogP contribution is -2.48. The van der Waals surface area contributed by atoms with E-state index in [4.69, 9.17) is 14.6 Å². The number of amides is 1. The van der Waals surface area contributed by atoms with Gasteiger partial charge in [0, 0.05) is 13.0 Å². The number of aliphatic carboxylic acids is 1. The first-order valence-electron chi connectivity index (χ1n) is 7.07. The number of para-hydroxylation sites is 1. The summed E-state index contributed by atoms with van der Waals surface area (Å²) in [4.78, 5) is 24.3. The minimum absolute atomic E-state index is 0.0579. The van der Waals surface area contributed by atoms with Gasteiger partial charge in [0.15, 0.2) is 17.7 Å². The van der Waals surface area contributed by atoms with Crippen molar-refractivity contribution in [2.75, 3.05) is 26.3 Å². The van der Waals surface area contributed by atoms with Crippen LogP contribution in [-0.2, 0) is 14.3 Å². The van der Waals surface area contributed by atoms with Crippen molar-refractivity contribution in [3.05, 3.63) is 30.1 Å². The van der Waals surface area contributed by atoms with E-state index in [1.165, 1.54) is 17.0 Å². The molecule has 120 valence electrons. The fraction of sp³-hybridized carbons (Fsp3) is 0.467. The summed E-state index contributed by atoms with van der Waals surface area (Å²) in [5, 5.41) is 8.89. The lowest BCUT2D eigenvalue weighted by atomic mass is 10.2. The van der Waals surface area contributed by atoms with Crippen LogP contribution in [-0.4, -0.2) is 54.3 Å². The molecule has 1 atom stereocenters. The minimum atomic E-state index is -1.07. The predicted octanol–water partition coefficient (Wildman–Crippen LogP) is 1.30. The molecule has 1 fully saturated rings. The summed E-state index contributed by atoms with van der Waals surface area (Å²) in [6.45, 7) is 0.882. The van der Waals surface area contributed by atoms with Gasteiger partial charge in [0.05, 0.1) is 19.8 Å². The number of carboxylic acids is 1. The molecule has 1 aromatic rings. The number of carboxylic acid groups (broad SMARTS) is 1. The minimum Gasteiger partial charge on any atom is -0.491 e. The van der Waals surface area contributed by atoms with Gasteiger partial charge in [-0.25, -0.2) is 9.18 Å². The van der Waals surface area contributed by atoms with Gasteiger partial charge >= 0.3 is 5.97 Å². The number of rotatable bonds is 6. The Bertz CT molecular complexity index is 536. The highest BCUT2D eigenvalue weighted by atomic mass is 19.1. The fourth-order valence-corrected chi connectivity index (χ4v) is 2.15. The summed E-state index contributed by atoms with van der Waals surface area (Å²) in [7, 11) is 0. The number of ether oxygens (including phenoxy) is 2. The molecule has 0 unspecified atom stereocenters. The first-order chi connectivity index (χ1) is 10.6. The van der Waals surface area contributed by atoms with Crippen LogP contribution >= 0.6 is 0 Å². The number of hydrogen-bond acceptors (Lipinski definition) is 4. The van der Waals surface area contributed by atoms with Crippen molar-refractivity contribution in [2.45, 2.75) is 18.9 Å². The van der Waals surface area contributed by atoms with Crippen molar-refractivity contribution in [3.63, 3.8) is 0 Å². The molecule has 0 bridgehead atoms. The summed E-state index contributed by atoms with van der Waals surface area (Å²) < 4.78 is 23.6. The van der Waals surface area contributed by atoms with Crippen molar-refractivity contribution in [1.82, 2.24) is 4.90 Å². The summed E-state index contributed by atoms with van der Waals surface area (Å²) >= 11 is 0. The third kappa shape index (κ3) is 4.42. The Labute approximate surface area is 127 Å². The molecular formula is C15H18FNO5. The standard InChI is InChI=1S/C15H18FNO5/c16-11-4-1-2-5-12(11)21-8-3-6-14(18)17-7-9-22-13(10-17)15(19)20/h1-2,4-5,13H,3,6-10H2,(H,19,20)/t13-/m1/s1. The number of nitrogens with zero attached hydrogens (tertiary/aromatic N) is 1. The average Bonchev–Trinajstić information content (AvgIpc) is 2.53. The third-order valence-electron chi connectivity index (χ3n) is 3.32. The van der Waals surface area contributed by atoms with Gasteiger partial charge in [0.1, 0.15) is 0 Å². The second kappa shape index (κ2) is 7.74. The van der Waals surface area contributed by atoms with E-state index in [1.54, 1.807) is 12.1 Å². The Hall–Kier alpha value is -2.15. The van der Waals surface area contributed by atoms with E-state index in [1.807, 2.05) is 0 Å². The predicted molar refractivity (Wildman–Crippen MR) is 75.1 cm³/mol. The van der Waals surface area contributed by atoms with E-state index in [0.29, 0.717) is 13.0 Å². The van der Waals surface area contributed by atoms with Crippen LogP contribution in [0.5, 0.6) is 5.75 Å². The van der Waals surface area contributed by atoms with E-state index in [-0.39, 0.29) is 37.8 Å². The molecule has 0 aromatic heterocycles. The van der Waals surface area contributed by atoms with Gasteiger partial charge in [-0.15, -0.1) is 0 Å². The molecule has 0 aliphatic carbocycles. The van der Waals surface area contributed by atoms with Crippen LogP contribution in [0.2, 0.25) is 0 Å². The van der Waals surface area contributed by atoms with Gasteiger partial charge < -0.3 is 19.5 Å². The number of carbonyl (C=O) groups excluding carboxylic acids is 1. The molecule has 7 heteroatoms. The van der Waals surface area contributed by atoms with Crippen LogP contribution in [0.4, 0.5) is 4.39 Å². The summed E-state index contributed by atoms with van der Waals surface area (Å²) in [5.41, 5.74) is 0. The number of halogens is 1. The quantitative estimate of drug-likeness (QED) is 0.801. The van der Waals surface area contributed by atoms with E-state index in [2.05, 4.69) is 0 Å². The van der Waals surface area contributed by atoms with Crippen molar-refractivity contribution in [2.24, 2.45) is 0 Å². The van der Waals surface area contributed by atoms with E-state index >= 15 is 0 Å². The smallest absolute Gasteiger partial charge is 0.334 e. The van der Waals surface area contributed by atoms with Gasteiger partial charge in [-0.2, -0.15) is 0 Å². The highest BCUT2D eigenvalue weighted by Gasteiger charge is 2.28. The topological polar surface area (TPSA) is 76.1 Å². The van der Waals surface area contributed by atoms with E-state index in [9.17, 15) is 14.0 Å². The Kier molecular flexibility index (Phi) is 5.71. The van der Waals surface area contributed by atoms with E-state index < -0.39 is 17.9 Å². The zero-order valence-corrected chi connectivity index (χ0v) is 12.0. The van der Waals surface area contributed by atoms with Crippen LogP contribution in [0.15, 0.2) is 24.3 Å². The molecule has 2 rings (SSSR count). The molecule has 6 nitrogen and oxygen atoms in total. The lowest BCUT2D eigenvalue weighted by Gasteiger charge is -2.30. The van der Waals surface area contributed by atoms with E-state index in [0.717, 1.165) is 0 Å². The summed E-state index contributed by atoms with van der Waals surface area (Å²) in [5.74, 6) is -1.49. The van der Waals surface area contributed by atoms with Crippen LogP contribution in [0, 0.1) is 5.82 Å². The monoisotopic (exact) mass is 311 g/mol. The molecule has 1 aliphatic rings. The molecule has 1 N–H and O–H groups in total. The molecular weight excluding hydrogens is 293 g/mol. The molecule has 0 radical (unpaired) electrons. The van der Waals surface area contributed by atoms with Gasteiger partial charge in [0.2, 0.25) is 5.91 Å². The molecule has 22 heavy (non-hydrogen) atoms. The Morgan fingerprint density at radius 2 is 2.18 bits per heavy atom. The first-order valence-corrected chi connectivity index (χ1v) is 7.07.